The molecule has 0 aliphatic carbocycles. The van der Waals surface area contributed by atoms with E-state index < -0.39 is 0 Å². The molecule has 2 N–H and O–H groups in total. The number of unbranched alkanes of at least 4 members (excludes halogenated alkanes) is 1. The standard InChI is InChI=1S/C18H36N4O/c1-16-9-4-6-12-22(16)13-7-5-11-20-17(19-3)21-15-18(2)10-8-14-23-18/h16H,4-15H2,1-3H3,(H2,19,20,21). The summed E-state index contributed by atoms with van der Waals surface area (Å²) in [4.78, 5) is 6.96. The van der Waals surface area contributed by atoms with Crippen molar-refractivity contribution in [1.82, 2.24) is 15.5 Å². The number of likely N-dealkylation sites (tertiary alicyclic amines) is 1. The van der Waals surface area contributed by atoms with Gasteiger partial charge in [-0.2, -0.15) is 0 Å². The minimum atomic E-state index is -0.0258. The topological polar surface area (TPSA) is 48.9 Å². The fourth-order valence-corrected chi connectivity index (χ4v) is 3.60. The molecule has 5 heteroatoms. The molecule has 2 saturated heterocycles. The van der Waals surface area contributed by atoms with E-state index in [0.717, 1.165) is 38.1 Å². The smallest absolute Gasteiger partial charge is 0.191 e. The fourth-order valence-electron chi connectivity index (χ4n) is 3.60. The van der Waals surface area contributed by atoms with Gasteiger partial charge in [0.2, 0.25) is 0 Å². The highest BCUT2D eigenvalue weighted by atomic mass is 16.5. The Bertz CT molecular complexity index is 366. The van der Waals surface area contributed by atoms with Crippen LogP contribution in [0.5, 0.6) is 0 Å². The predicted octanol–water partition coefficient (Wildman–Crippen LogP) is 2.38. The van der Waals surface area contributed by atoms with E-state index in [0.29, 0.717) is 0 Å². The number of aliphatic imine (C=N–C) groups is 1. The zero-order valence-electron chi connectivity index (χ0n) is 15.4. The lowest BCUT2D eigenvalue weighted by Gasteiger charge is -2.33. The summed E-state index contributed by atoms with van der Waals surface area (Å²) >= 11 is 0. The van der Waals surface area contributed by atoms with Gasteiger partial charge in [0.15, 0.2) is 5.96 Å². The van der Waals surface area contributed by atoms with Gasteiger partial charge >= 0.3 is 0 Å². The minimum Gasteiger partial charge on any atom is -0.373 e. The zero-order valence-corrected chi connectivity index (χ0v) is 15.4. The second-order valence-corrected chi connectivity index (χ2v) is 7.34. The van der Waals surface area contributed by atoms with E-state index in [1.54, 1.807) is 0 Å². The van der Waals surface area contributed by atoms with Crippen LogP contribution in [0.3, 0.4) is 0 Å². The summed E-state index contributed by atoms with van der Waals surface area (Å²) in [5, 5.41) is 6.83. The van der Waals surface area contributed by atoms with Crippen LogP contribution >= 0.6 is 0 Å². The quantitative estimate of drug-likeness (QED) is 0.429. The number of hydrogen-bond donors (Lipinski definition) is 2. The Morgan fingerprint density at radius 1 is 1.26 bits per heavy atom. The summed E-state index contributed by atoms with van der Waals surface area (Å²) in [5.41, 5.74) is -0.0258. The first-order valence-electron chi connectivity index (χ1n) is 9.45. The highest BCUT2D eigenvalue weighted by molar-refractivity contribution is 5.79. The second kappa shape index (κ2) is 9.48. The molecule has 2 rings (SSSR count). The van der Waals surface area contributed by atoms with Gasteiger partial charge in [-0.15, -0.1) is 0 Å². The molecule has 0 spiro atoms. The van der Waals surface area contributed by atoms with Gasteiger partial charge in [-0.25, -0.2) is 0 Å². The third-order valence-corrected chi connectivity index (χ3v) is 5.26. The van der Waals surface area contributed by atoms with Crippen molar-refractivity contribution in [2.45, 2.75) is 70.4 Å². The SMILES string of the molecule is CN=C(NCCCCN1CCCCC1C)NCC1(C)CCCO1. The number of ether oxygens (including phenoxy) is 1. The van der Waals surface area contributed by atoms with Crippen molar-refractivity contribution in [2.24, 2.45) is 4.99 Å². The molecule has 2 unspecified atom stereocenters. The van der Waals surface area contributed by atoms with Crippen LogP contribution in [0.2, 0.25) is 0 Å². The maximum Gasteiger partial charge on any atom is 0.191 e. The van der Waals surface area contributed by atoms with Crippen molar-refractivity contribution >= 4 is 5.96 Å². The monoisotopic (exact) mass is 324 g/mol. The normalized spacial score (nSPS) is 29.7. The molecule has 0 aromatic heterocycles. The van der Waals surface area contributed by atoms with Crippen LogP contribution in [0.25, 0.3) is 0 Å². The highest BCUT2D eigenvalue weighted by Gasteiger charge is 2.29. The molecule has 134 valence electrons. The van der Waals surface area contributed by atoms with Crippen molar-refractivity contribution < 1.29 is 4.74 Å². The molecular formula is C18H36N4O. The molecule has 2 heterocycles. The molecule has 5 nitrogen and oxygen atoms in total. The van der Waals surface area contributed by atoms with Crippen LogP contribution in [-0.4, -0.2) is 62.3 Å². The summed E-state index contributed by atoms with van der Waals surface area (Å²) in [7, 11) is 1.84. The van der Waals surface area contributed by atoms with Crippen molar-refractivity contribution in [1.29, 1.82) is 0 Å². The Balaban J connectivity index is 1.55. The largest absolute Gasteiger partial charge is 0.373 e. The Morgan fingerprint density at radius 2 is 2.13 bits per heavy atom. The first-order chi connectivity index (χ1) is 11.1. The molecule has 0 radical (unpaired) electrons. The van der Waals surface area contributed by atoms with Crippen LogP contribution in [-0.2, 0) is 4.74 Å². The van der Waals surface area contributed by atoms with Gasteiger partial charge in [0, 0.05) is 32.8 Å². The Labute approximate surface area is 142 Å². The first-order valence-corrected chi connectivity index (χ1v) is 9.45. The maximum absolute atomic E-state index is 5.80. The van der Waals surface area contributed by atoms with Gasteiger partial charge in [0.05, 0.1) is 5.60 Å². The van der Waals surface area contributed by atoms with Crippen molar-refractivity contribution in [3.63, 3.8) is 0 Å². The van der Waals surface area contributed by atoms with Crippen LogP contribution in [0.4, 0.5) is 0 Å². The lowest BCUT2D eigenvalue weighted by Crippen LogP contribution is -2.45. The third kappa shape index (κ3) is 6.30. The molecule has 23 heavy (non-hydrogen) atoms. The highest BCUT2D eigenvalue weighted by Crippen LogP contribution is 2.23. The predicted molar refractivity (Wildman–Crippen MR) is 97.1 cm³/mol. The summed E-state index contributed by atoms with van der Waals surface area (Å²) in [6, 6.07) is 0.776. The van der Waals surface area contributed by atoms with Crippen LogP contribution < -0.4 is 10.6 Å². The van der Waals surface area contributed by atoms with Gasteiger partial charge in [-0.3, -0.25) is 4.99 Å². The van der Waals surface area contributed by atoms with Crippen molar-refractivity contribution in [3.8, 4) is 0 Å². The molecule has 0 amide bonds. The number of nitrogens with zero attached hydrogens (tertiary/aromatic N) is 2. The van der Waals surface area contributed by atoms with E-state index >= 15 is 0 Å². The van der Waals surface area contributed by atoms with Crippen molar-refractivity contribution in [2.75, 3.05) is 39.8 Å². The molecule has 0 saturated carbocycles. The third-order valence-electron chi connectivity index (χ3n) is 5.26. The molecular weight excluding hydrogens is 288 g/mol. The Morgan fingerprint density at radius 3 is 2.83 bits per heavy atom. The fraction of sp³-hybridized carbons (Fsp3) is 0.944. The number of rotatable bonds is 7. The second-order valence-electron chi connectivity index (χ2n) is 7.34. The minimum absolute atomic E-state index is 0.0258. The van der Waals surface area contributed by atoms with Crippen molar-refractivity contribution in [3.05, 3.63) is 0 Å². The molecule has 2 fully saturated rings. The molecule has 2 aliphatic rings. The van der Waals surface area contributed by atoms with Gasteiger partial charge in [0.1, 0.15) is 0 Å². The Kier molecular flexibility index (Phi) is 7.63. The van der Waals surface area contributed by atoms with E-state index in [-0.39, 0.29) is 5.60 Å². The maximum atomic E-state index is 5.80. The lowest BCUT2D eigenvalue weighted by atomic mass is 10.0. The van der Waals surface area contributed by atoms with Gasteiger partial charge in [-0.1, -0.05) is 6.42 Å². The number of hydrogen-bond acceptors (Lipinski definition) is 3. The van der Waals surface area contributed by atoms with E-state index in [4.69, 9.17) is 4.74 Å². The number of guanidine groups is 1. The van der Waals surface area contributed by atoms with Crippen LogP contribution in [0, 0.1) is 0 Å². The molecule has 0 bridgehead atoms. The zero-order chi connectivity index (χ0) is 16.5. The molecule has 0 aromatic carbocycles. The molecule has 2 aliphatic heterocycles. The molecule has 0 aromatic rings. The number of piperidine rings is 1. The summed E-state index contributed by atoms with van der Waals surface area (Å²) in [5.74, 6) is 0.896. The van der Waals surface area contributed by atoms with E-state index in [2.05, 4.69) is 34.4 Å². The average Bonchev–Trinajstić information content (AvgIpc) is 2.98. The summed E-state index contributed by atoms with van der Waals surface area (Å²) in [6.45, 7) is 9.78. The summed E-state index contributed by atoms with van der Waals surface area (Å²) < 4.78 is 5.80. The average molecular weight is 325 g/mol. The van der Waals surface area contributed by atoms with Gasteiger partial charge in [-0.05, 0) is 65.5 Å². The van der Waals surface area contributed by atoms with Gasteiger partial charge < -0.3 is 20.3 Å². The van der Waals surface area contributed by atoms with Crippen LogP contribution in [0.1, 0.15) is 58.8 Å². The van der Waals surface area contributed by atoms with E-state index in [9.17, 15) is 0 Å². The lowest BCUT2D eigenvalue weighted by molar-refractivity contribution is 0.0243. The Hall–Kier alpha value is -0.810. The van der Waals surface area contributed by atoms with E-state index in [1.807, 2.05) is 7.05 Å². The van der Waals surface area contributed by atoms with Crippen LogP contribution in [0.15, 0.2) is 4.99 Å². The summed E-state index contributed by atoms with van der Waals surface area (Å²) in [6.07, 6.45) is 8.90. The van der Waals surface area contributed by atoms with E-state index in [1.165, 1.54) is 51.6 Å². The van der Waals surface area contributed by atoms with Gasteiger partial charge in [0.25, 0.3) is 0 Å². The first kappa shape index (κ1) is 18.5. The molecule has 2 atom stereocenters. The number of nitrogens with one attached hydrogen (secondary N) is 2.